The van der Waals surface area contributed by atoms with Crippen LogP contribution in [-0.2, 0) is 9.59 Å². The Morgan fingerprint density at radius 2 is 1.78 bits per heavy atom. The summed E-state index contributed by atoms with van der Waals surface area (Å²) in [6.45, 7) is 4.46. The zero-order chi connectivity index (χ0) is 17.0. The van der Waals surface area contributed by atoms with E-state index in [2.05, 4.69) is 4.90 Å². The fourth-order valence-electron chi connectivity index (χ4n) is 2.54. The van der Waals surface area contributed by atoms with Gasteiger partial charge in [-0.25, -0.2) is 8.78 Å². The molecule has 7 heteroatoms. The molecule has 1 saturated heterocycles. The maximum atomic E-state index is 13.3. The zero-order valence-electron chi connectivity index (χ0n) is 13.4. The van der Waals surface area contributed by atoms with Crippen LogP contribution in [0, 0.1) is 11.6 Å². The van der Waals surface area contributed by atoms with Gasteiger partial charge in [0.25, 0.3) is 0 Å². The molecule has 5 nitrogen and oxygen atoms in total. The van der Waals surface area contributed by atoms with Crippen molar-refractivity contribution in [3.63, 3.8) is 0 Å². The van der Waals surface area contributed by atoms with E-state index in [1.54, 1.807) is 4.90 Å². The number of hydrogen-bond donors (Lipinski definition) is 0. The summed E-state index contributed by atoms with van der Waals surface area (Å²) in [5.74, 6) is -2.33. The van der Waals surface area contributed by atoms with E-state index in [0.29, 0.717) is 13.1 Å². The molecule has 0 atom stereocenters. The monoisotopic (exact) mass is 325 g/mol. The Balaban J connectivity index is 1.98. The molecule has 1 aromatic rings. The van der Waals surface area contributed by atoms with E-state index in [1.165, 1.54) is 17.9 Å². The van der Waals surface area contributed by atoms with E-state index in [9.17, 15) is 18.4 Å². The molecular weight excluding hydrogens is 304 g/mol. The smallest absolute Gasteiger partial charge is 0.224 e. The molecule has 1 aliphatic heterocycles. The average Bonchev–Trinajstić information content (AvgIpc) is 2.51. The lowest BCUT2D eigenvalue weighted by Crippen LogP contribution is -2.47. The summed E-state index contributed by atoms with van der Waals surface area (Å²) in [5.41, 5.74) is 0.252. The fourth-order valence-corrected chi connectivity index (χ4v) is 2.54. The molecule has 0 aliphatic carbocycles. The van der Waals surface area contributed by atoms with Crippen LogP contribution in [0.2, 0.25) is 0 Å². The van der Waals surface area contributed by atoms with Crippen LogP contribution in [0.3, 0.4) is 0 Å². The van der Waals surface area contributed by atoms with E-state index in [0.717, 1.165) is 25.2 Å². The second-order valence-corrected chi connectivity index (χ2v) is 5.70. The number of likely N-dealkylation sites (N-methyl/N-ethyl adjacent to an activating group) is 1. The first-order chi connectivity index (χ1) is 10.9. The average molecular weight is 325 g/mol. The minimum Gasteiger partial charge on any atom is -0.340 e. The number of hydrogen-bond acceptors (Lipinski definition) is 3. The summed E-state index contributed by atoms with van der Waals surface area (Å²) in [5, 5.41) is 0. The van der Waals surface area contributed by atoms with Crippen molar-refractivity contribution in [2.45, 2.75) is 13.3 Å². The summed E-state index contributed by atoms with van der Waals surface area (Å²) in [6.07, 6.45) is 0.155. The predicted octanol–water partition coefficient (Wildman–Crippen LogP) is 1.48. The van der Waals surface area contributed by atoms with E-state index < -0.39 is 11.6 Å². The Morgan fingerprint density at radius 1 is 1.13 bits per heavy atom. The van der Waals surface area contributed by atoms with Gasteiger partial charge in [-0.15, -0.1) is 0 Å². The molecule has 126 valence electrons. The molecule has 0 N–H and O–H groups in total. The van der Waals surface area contributed by atoms with E-state index >= 15 is 0 Å². The minimum absolute atomic E-state index is 0.0352. The van der Waals surface area contributed by atoms with Gasteiger partial charge in [-0.2, -0.15) is 0 Å². The van der Waals surface area contributed by atoms with Crippen LogP contribution >= 0.6 is 0 Å². The third-order valence-corrected chi connectivity index (χ3v) is 4.00. The largest absolute Gasteiger partial charge is 0.340 e. The van der Waals surface area contributed by atoms with E-state index in [-0.39, 0.29) is 30.5 Å². The van der Waals surface area contributed by atoms with Gasteiger partial charge in [-0.1, -0.05) is 0 Å². The van der Waals surface area contributed by atoms with Crippen molar-refractivity contribution in [3.05, 3.63) is 29.8 Å². The van der Waals surface area contributed by atoms with Crippen molar-refractivity contribution < 1.29 is 18.4 Å². The van der Waals surface area contributed by atoms with E-state index in [4.69, 9.17) is 0 Å². The molecule has 1 aromatic carbocycles. The summed E-state index contributed by atoms with van der Waals surface area (Å²) in [6, 6.07) is 3.28. The number of nitrogens with zero attached hydrogens (tertiary/aromatic N) is 3. The number of halogens is 2. The molecule has 0 aromatic heterocycles. The summed E-state index contributed by atoms with van der Waals surface area (Å²) in [7, 11) is 2.00. The van der Waals surface area contributed by atoms with Crippen molar-refractivity contribution in [3.8, 4) is 0 Å². The molecule has 0 spiro atoms. The minimum atomic E-state index is -1.01. The predicted molar refractivity (Wildman–Crippen MR) is 83.1 cm³/mol. The molecule has 1 heterocycles. The highest BCUT2D eigenvalue weighted by molar-refractivity contribution is 5.92. The van der Waals surface area contributed by atoms with Gasteiger partial charge >= 0.3 is 0 Å². The van der Waals surface area contributed by atoms with Gasteiger partial charge in [0.05, 0.1) is 0 Å². The molecule has 0 saturated carbocycles. The van der Waals surface area contributed by atoms with Gasteiger partial charge in [0.15, 0.2) is 11.6 Å². The van der Waals surface area contributed by atoms with Gasteiger partial charge in [-0.3, -0.25) is 9.59 Å². The summed E-state index contributed by atoms with van der Waals surface area (Å²) in [4.78, 5) is 29.2. The van der Waals surface area contributed by atoms with Crippen LogP contribution in [0.4, 0.5) is 14.5 Å². The zero-order valence-corrected chi connectivity index (χ0v) is 13.4. The standard InChI is InChI=1S/C16H21F2N3O2/c1-12(22)21(13-3-4-14(17)15(18)11-13)6-5-16(23)20-9-7-19(2)8-10-20/h3-4,11H,5-10H2,1-2H3. The van der Waals surface area contributed by atoms with E-state index in [1.807, 2.05) is 7.05 Å². The van der Waals surface area contributed by atoms with Gasteiger partial charge in [-0.05, 0) is 19.2 Å². The normalized spacial score (nSPS) is 15.6. The van der Waals surface area contributed by atoms with Crippen molar-refractivity contribution in [2.75, 3.05) is 44.7 Å². The van der Waals surface area contributed by atoms with Crippen molar-refractivity contribution in [1.82, 2.24) is 9.80 Å². The highest BCUT2D eigenvalue weighted by atomic mass is 19.2. The molecule has 2 amide bonds. The molecule has 2 rings (SSSR count). The third kappa shape index (κ3) is 4.48. The maximum absolute atomic E-state index is 13.3. The second-order valence-electron chi connectivity index (χ2n) is 5.70. The van der Waals surface area contributed by atoms with Crippen LogP contribution in [-0.4, -0.2) is 61.4 Å². The van der Waals surface area contributed by atoms with Crippen LogP contribution in [0.25, 0.3) is 0 Å². The van der Waals surface area contributed by atoms with Crippen LogP contribution in [0.15, 0.2) is 18.2 Å². The quantitative estimate of drug-likeness (QED) is 0.842. The molecule has 1 aliphatic rings. The third-order valence-electron chi connectivity index (χ3n) is 4.00. The van der Waals surface area contributed by atoms with Crippen molar-refractivity contribution in [2.24, 2.45) is 0 Å². The molecule has 0 bridgehead atoms. The van der Waals surface area contributed by atoms with Crippen molar-refractivity contribution in [1.29, 1.82) is 0 Å². The lowest BCUT2D eigenvalue weighted by molar-refractivity contribution is -0.132. The lowest BCUT2D eigenvalue weighted by Gasteiger charge is -2.33. The number of carbonyl (C=O) groups is 2. The highest BCUT2D eigenvalue weighted by Crippen LogP contribution is 2.19. The maximum Gasteiger partial charge on any atom is 0.224 e. The van der Waals surface area contributed by atoms with Gasteiger partial charge in [0.1, 0.15) is 0 Å². The number of amides is 2. The molecule has 0 unspecified atom stereocenters. The Bertz CT molecular complexity index is 587. The number of benzene rings is 1. The lowest BCUT2D eigenvalue weighted by atomic mass is 10.2. The SMILES string of the molecule is CC(=O)N(CCC(=O)N1CCN(C)CC1)c1ccc(F)c(F)c1. The summed E-state index contributed by atoms with van der Waals surface area (Å²) >= 11 is 0. The van der Waals surface area contributed by atoms with Crippen LogP contribution < -0.4 is 4.90 Å². The molecule has 1 fully saturated rings. The summed E-state index contributed by atoms with van der Waals surface area (Å²) < 4.78 is 26.3. The topological polar surface area (TPSA) is 43.9 Å². The van der Waals surface area contributed by atoms with Crippen molar-refractivity contribution >= 4 is 17.5 Å². The van der Waals surface area contributed by atoms with Gasteiger partial charge < -0.3 is 14.7 Å². The second kappa shape index (κ2) is 7.50. The fraction of sp³-hybridized carbons (Fsp3) is 0.500. The number of piperazine rings is 1. The Labute approximate surface area is 134 Å². The first kappa shape index (κ1) is 17.3. The van der Waals surface area contributed by atoms with Gasteiger partial charge in [0, 0.05) is 57.8 Å². The first-order valence-corrected chi connectivity index (χ1v) is 7.58. The molecular formula is C16H21F2N3O2. The van der Waals surface area contributed by atoms with Gasteiger partial charge in [0.2, 0.25) is 11.8 Å². The van der Waals surface area contributed by atoms with Crippen LogP contribution in [0.5, 0.6) is 0 Å². The first-order valence-electron chi connectivity index (χ1n) is 7.58. The Kier molecular flexibility index (Phi) is 5.65. The van der Waals surface area contributed by atoms with Crippen LogP contribution in [0.1, 0.15) is 13.3 Å². The molecule has 0 radical (unpaired) electrons. The Hall–Kier alpha value is -2.02. The highest BCUT2D eigenvalue weighted by Gasteiger charge is 2.21. The number of rotatable bonds is 4. The molecule has 23 heavy (non-hydrogen) atoms. The Morgan fingerprint density at radius 3 is 2.35 bits per heavy atom. The number of carbonyl (C=O) groups excluding carboxylic acids is 2. The number of anilines is 1.